The Kier molecular flexibility index (Phi) is 3.60. The zero-order valence-corrected chi connectivity index (χ0v) is 10.1. The highest BCUT2D eigenvalue weighted by Crippen LogP contribution is 2.24. The maximum Gasteiger partial charge on any atom is 0.246 e. The molecule has 7 nitrogen and oxygen atoms in total. The molecule has 3 N–H and O–H groups in total. The molecular formula is C11H12FN5O2. The first-order chi connectivity index (χ1) is 9.08. The van der Waals surface area contributed by atoms with Gasteiger partial charge < -0.3 is 15.8 Å². The van der Waals surface area contributed by atoms with E-state index < -0.39 is 5.82 Å². The van der Waals surface area contributed by atoms with Gasteiger partial charge in [-0.15, -0.1) is 5.10 Å². The fraction of sp³-hybridized carbons (Fsp3) is 0.182. The minimum Gasteiger partial charge on any atom is -0.494 e. The summed E-state index contributed by atoms with van der Waals surface area (Å²) in [7, 11) is 1.39. The number of rotatable bonds is 4. The van der Waals surface area contributed by atoms with Crippen LogP contribution < -0.4 is 15.8 Å². The van der Waals surface area contributed by atoms with Gasteiger partial charge in [-0.1, -0.05) is 0 Å². The SMILES string of the molecule is COc1cc(F)ccc1NC(=O)Cn1cnc(N)n1. The van der Waals surface area contributed by atoms with Crippen LogP contribution in [0, 0.1) is 5.82 Å². The standard InChI is InChI=1S/C11H12FN5O2/c1-19-9-4-7(12)2-3-8(9)15-10(18)5-17-6-14-11(13)16-17/h2-4,6H,5H2,1H3,(H2,13,16)(H,15,18). The van der Waals surface area contributed by atoms with Gasteiger partial charge in [0.05, 0.1) is 12.8 Å². The Hall–Kier alpha value is -2.64. The van der Waals surface area contributed by atoms with Gasteiger partial charge in [0.25, 0.3) is 0 Å². The molecule has 1 aromatic carbocycles. The van der Waals surface area contributed by atoms with E-state index in [0.717, 1.165) is 0 Å². The molecule has 1 aromatic heterocycles. The summed E-state index contributed by atoms with van der Waals surface area (Å²) in [5.41, 5.74) is 5.71. The van der Waals surface area contributed by atoms with E-state index >= 15 is 0 Å². The number of nitrogens with zero attached hydrogens (tertiary/aromatic N) is 3. The second-order valence-electron chi connectivity index (χ2n) is 3.69. The Labute approximate surface area is 108 Å². The second-order valence-corrected chi connectivity index (χ2v) is 3.69. The summed E-state index contributed by atoms with van der Waals surface area (Å²) in [6.45, 7) is -0.0509. The van der Waals surface area contributed by atoms with Crippen LogP contribution >= 0.6 is 0 Å². The Morgan fingerprint density at radius 2 is 2.37 bits per heavy atom. The number of aromatic nitrogens is 3. The number of anilines is 2. The third-order valence-electron chi connectivity index (χ3n) is 2.30. The minimum absolute atomic E-state index is 0.0509. The van der Waals surface area contributed by atoms with E-state index in [-0.39, 0.29) is 24.1 Å². The Morgan fingerprint density at radius 1 is 1.58 bits per heavy atom. The first kappa shape index (κ1) is 12.8. The number of hydrogen-bond donors (Lipinski definition) is 2. The predicted molar refractivity (Wildman–Crippen MR) is 66.0 cm³/mol. The molecule has 2 aromatic rings. The molecule has 0 unspecified atom stereocenters. The highest BCUT2D eigenvalue weighted by atomic mass is 19.1. The summed E-state index contributed by atoms with van der Waals surface area (Å²) in [6.07, 6.45) is 1.34. The van der Waals surface area contributed by atoms with E-state index in [2.05, 4.69) is 15.4 Å². The first-order valence-corrected chi connectivity index (χ1v) is 5.37. The van der Waals surface area contributed by atoms with E-state index in [9.17, 15) is 9.18 Å². The van der Waals surface area contributed by atoms with Crippen molar-refractivity contribution in [1.82, 2.24) is 14.8 Å². The number of nitrogens with one attached hydrogen (secondary N) is 1. The van der Waals surface area contributed by atoms with Crippen LogP contribution in [0.4, 0.5) is 16.0 Å². The molecule has 0 radical (unpaired) electrons. The van der Waals surface area contributed by atoms with Crippen molar-refractivity contribution in [1.29, 1.82) is 0 Å². The van der Waals surface area contributed by atoms with Gasteiger partial charge in [-0.3, -0.25) is 4.79 Å². The van der Waals surface area contributed by atoms with Crippen LogP contribution in [-0.4, -0.2) is 27.8 Å². The van der Waals surface area contributed by atoms with Gasteiger partial charge in [0, 0.05) is 6.07 Å². The highest BCUT2D eigenvalue weighted by Gasteiger charge is 2.09. The molecule has 0 saturated heterocycles. The second kappa shape index (κ2) is 5.34. The summed E-state index contributed by atoms with van der Waals surface area (Å²) in [6, 6.07) is 3.83. The van der Waals surface area contributed by atoms with Crippen molar-refractivity contribution in [2.75, 3.05) is 18.2 Å². The van der Waals surface area contributed by atoms with Crippen LogP contribution in [0.15, 0.2) is 24.5 Å². The van der Waals surface area contributed by atoms with Crippen LogP contribution in [-0.2, 0) is 11.3 Å². The normalized spacial score (nSPS) is 10.2. The summed E-state index contributed by atoms with van der Waals surface area (Å²) in [4.78, 5) is 15.5. The van der Waals surface area contributed by atoms with Crippen molar-refractivity contribution >= 4 is 17.5 Å². The summed E-state index contributed by atoms with van der Waals surface area (Å²) < 4.78 is 19.3. The van der Waals surface area contributed by atoms with Crippen LogP contribution in [0.3, 0.4) is 0 Å². The zero-order valence-electron chi connectivity index (χ0n) is 10.1. The number of nitrogens with two attached hydrogens (primary N) is 1. The van der Waals surface area contributed by atoms with Gasteiger partial charge in [-0.05, 0) is 12.1 Å². The van der Waals surface area contributed by atoms with Crippen molar-refractivity contribution in [3.8, 4) is 5.75 Å². The number of benzene rings is 1. The third kappa shape index (κ3) is 3.18. The summed E-state index contributed by atoms with van der Waals surface area (Å²) in [5.74, 6) is -0.465. The molecule has 8 heteroatoms. The van der Waals surface area contributed by atoms with Gasteiger partial charge in [0.2, 0.25) is 11.9 Å². The molecule has 0 bridgehead atoms. The van der Waals surface area contributed by atoms with Crippen molar-refractivity contribution in [2.24, 2.45) is 0 Å². The van der Waals surface area contributed by atoms with Crippen LogP contribution in [0.25, 0.3) is 0 Å². The van der Waals surface area contributed by atoms with Crippen molar-refractivity contribution in [3.63, 3.8) is 0 Å². The average molecular weight is 265 g/mol. The predicted octanol–water partition coefficient (Wildman–Crippen LogP) is 0.647. The largest absolute Gasteiger partial charge is 0.494 e. The summed E-state index contributed by atoms with van der Waals surface area (Å²) in [5, 5.41) is 6.37. The van der Waals surface area contributed by atoms with Gasteiger partial charge in [-0.25, -0.2) is 14.1 Å². The molecule has 19 heavy (non-hydrogen) atoms. The number of amides is 1. The summed E-state index contributed by atoms with van der Waals surface area (Å²) >= 11 is 0. The molecule has 0 aliphatic carbocycles. The number of carbonyl (C=O) groups is 1. The highest BCUT2D eigenvalue weighted by molar-refractivity contribution is 5.92. The Morgan fingerprint density at radius 3 is 3.00 bits per heavy atom. The lowest BCUT2D eigenvalue weighted by atomic mass is 10.3. The molecule has 0 atom stereocenters. The maximum absolute atomic E-state index is 13.0. The molecule has 0 aliphatic rings. The number of methoxy groups -OCH3 is 1. The van der Waals surface area contributed by atoms with Gasteiger partial charge in [0.15, 0.2) is 0 Å². The molecule has 100 valence electrons. The number of ether oxygens (including phenoxy) is 1. The first-order valence-electron chi connectivity index (χ1n) is 5.37. The Balaban J connectivity index is 2.06. The molecule has 0 spiro atoms. The van der Waals surface area contributed by atoms with E-state index in [4.69, 9.17) is 10.5 Å². The van der Waals surface area contributed by atoms with E-state index in [1.165, 1.54) is 36.3 Å². The van der Waals surface area contributed by atoms with Crippen molar-refractivity contribution in [3.05, 3.63) is 30.3 Å². The van der Waals surface area contributed by atoms with E-state index in [1.54, 1.807) is 0 Å². The lowest BCUT2D eigenvalue weighted by Gasteiger charge is -2.09. The Bertz CT molecular complexity index is 599. The lowest BCUT2D eigenvalue weighted by molar-refractivity contribution is -0.116. The maximum atomic E-state index is 13.0. The number of hydrogen-bond acceptors (Lipinski definition) is 5. The topological polar surface area (TPSA) is 95.1 Å². The van der Waals surface area contributed by atoms with Crippen LogP contribution in [0.1, 0.15) is 0 Å². The van der Waals surface area contributed by atoms with Crippen molar-refractivity contribution < 1.29 is 13.9 Å². The molecule has 0 fully saturated rings. The van der Waals surface area contributed by atoms with Crippen molar-refractivity contribution in [2.45, 2.75) is 6.54 Å². The van der Waals surface area contributed by atoms with Crippen LogP contribution in [0.2, 0.25) is 0 Å². The smallest absolute Gasteiger partial charge is 0.246 e. The number of halogens is 1. The van der Waals surface area contributed by atoms with E-state index in [0.29, 0.717) is 5.69 Å². The van der Waals surface area contributed by atoms with Gasteiger partial charge in [-0.2, -0.15) is 0 Å². The molecular weight excluding hydrogens is 253 g/mol. The van der Waals surface area contributed by atoms with E-state index in [1.807, 2.05) is 0 Å². The fourth-order valence-corrected chi connectivity index (χ4v) is 1.49. The number of carbonyl (C=O) groups excluding carboxylic acids is 1. The quantitative estimate of drug-likeness (QED) is 0.846. The van der Waals surface area contributed by atoms with Gasteiger partial charge in [0.1, 0.15) is 24.4 Å². The lowest BCUT2D eigenvalue weighted by Crippen LogP contribution is -2.19. The zero-order chi connectivity index (χ0) is 13.8. The average Bonchev–Trinajstić information content (AvgIpc) is 2.76. The monoisotopic (exact) mass is 265 g/mol. The fourth-order valence-electron chi connectivity index (χ4n) is 1.49. The third-order valence-corrected chi connectivity index (χ3v) is 2.30. The van der Waals surface area contributed by atoms with Gasteiger partial charge >= 0.3 is 0 Å². The molecule has 0 saturated carbocycles. The minimum atomic E-state index is -0.445. The molecule has 1 amide bonds. The van der Waals surface area contributed by atoms with Crippen LogP contribution in [0.5, 0.6) is 5.75 Å². The molecule has 1 heterocycles. The molecule has 0 aliphatic heterocycles. The molecule has 2 rings (SSSR count). The number of nitrogen functional groups attached to an aromatic ring is 1.